The van der Waals surface area contributed by atoms with Crippen LogP contribution in [-0.4, -0.2) is 59.0 Å². The Labute approximate surface area is 147 Å². The molecule has 3 atom stereocenters. The van der Waals surface area contributed by atoms with Crippen LogP contribution >= 0.6 is 0 Å². The van der Waals surface area contributed by atoms with Crippen LogP contribution in [0.5, 0.6) is 0 Å². The Morgan fingerprint density at radius 2 is 1.72 bits per heavy atom. The number of hydrogen-bond donors (Lipinski definition) is 2. The maximum atomic E-state index is 12.3. The van der Waals surface area contributed by atoms with Gasteiger partial charge in [-0.15, -0.1) is 0 Å². The van der Waals surface area contributed by atoms with Crippen molar-refractivity contribution in [1.29, 1.82) is 0 Å². The van der Waals surface area contributed by atoms with Gasteiger partial charge in [0, 0.05) is 6.54 Å². The fourth-order valence-corrected chi connectivity index (χ4v) is 2.47. The van der Waals surface area contributed by atoms with E-state index in [9.17, 15) is 24.3 Å². The topological polar surface area (TPSA) is 128 Å². The van der Waals surface area contributed by atoms with E-state index >= 15 is 0 Å². The van der Waals surface area contributed by atoms with E-state index in [1.807, 2.05) is 0 Å². The number of nitrogens with one attached hydrogen (secondary N) is 2. The fraction of sp³-hybridized carbons (Fsp3) is 0.750. The molecule has 25 heavy (non-hydrogen) atoms. The average molecular weight is 356 g/mol. The number of nitrogens with zero attached hydrogens (tertiary/aromatic N) is 1. The van der Waals surface area contributed by atoms with Gasteiger partial charge in [-0.3, -0.25) is 9.59 Å². The van der Waals surface area contributed by atoms with Crippen molar-refractivity contribution in [3.63, 3.8) is 0 Å². The molecule has 0 bridgehead atoms. The molecule has 3 amide bonds. The number of carboxylic acids is 1. The second kappa shape index (κ2) is 8.17. The van der Waals surface area contributed by atoms with Crippen LogP contribution in [-0.2, 0) is 19.1 Å². The van der Waals surface area contributed by atoms with Crippen LogP contribution in [0.25, 0.3) is 0 Å². The molecule has 142 valence electrons. The van der Waals surface area contributed by atoms with Crippen molar-refractivity contribution in [3.05, 3.63) is 0 Å². The summed E-state index contributed by atoms with van der Waals surface area (Å²) < 4.78 is 5.06. The number of carbonyl (C=O) groups excluding carboxylic acids is 4. The van der Waals surface area contributed by atoms with Crippen molar-refractivity contribution in [1.82, 2.24) is 15.5 Å². The monoisotopic (exact) mass is 356 g/mol. The molecule has 0 saturated carbocycles. The van der Waals surface area contributed by atoms with Gasteiger partial charge in [0.1, 0.15) is 17.7 Å². The third-order valence-corrected chi connectivity index (χ3v) is 3.66. The Balaban J connectivity index is 2.56. The zero-order valence-corrected chi connectivity index (χ0v) is 15.3. The summed E-state index contributed by atoms with van der Waals surface area (Å²) in [7, 11) is 0. The van der Waals surface area contributed by atoms with Gasteiger partial charge in [0.2, 0.25) is 11.8 Å². The van der Waals surface area contributed by atoms with Gasteiger partial charge in [0.05, 0.1) is 12.0 Å². The summed E-state index contributed by atoms with van der Waals surface area (Å²) in [4.78, 5) is 48.4. The highest BCUT2D eigenvalue weighted by atomic mass is 16.6. The predicted octanol–water partition coefficient (Wildman–Crippen LogP) is -0.855. The first-order valence-electron chi connectivity index (χ1n) is 8.23. The minimum absolute atomic E-state index is 0.309. The lowest BCUT2D eigenvalue weighted by Crippen LogP contribution is -2.55. The number of carboxylic acid groups (broad SMARTS) is 1. The molecule has 0 unspecified atom stereocenters. The Hall–Kier alpha value is -2.32. The van der Waals surface area contributed by atoms with E-state index in [4.69, 9.17) is 4.74 Å². The van der Waals surface area contributed by atoms with E-state index < -0.39 is 47.6 Å². The maximum Gasteiger partial charge on any atom is 0.408 e. The van der Waals surface area contributed by atoms with Crippen LogP contribution in [0.2, 0.25) is 0 Å². The molecule has 0 aliphatic carbocycles. The molecule has 9 nitrogen and oxygen atoms in total. The summed E-state index contributed by atoms with van der Waals surface area (Å²) in [6, 6.07) is -2.81. The first-order valence-corrected chi connectivity index (χ1v) is 8.23. The normalized spacial score (nSPS) is 19.7. The van der Waals surface area contributed by atoms with Crippen LogP contribution in [0.15, 0.2) is 0 Å². The molecule has 0 spiro atoms. The summed E-state index contributed by atoms with van der Waals surface area (Å²) in [5, 5.41) is 15.9. The lowest BCUT2D eigenvalue weighted by atomic mass is 10.2. The largest absolute Gasteiger partial charge is 0.548 e. The van der Waals surface area contributed by atoms with E-state index in [-0.39, 0.29) is 0 Å². The molecule has 2 N–H and O–H groups in total. The summed E-state index contributed by atoms with van der Waals surface area (Å²) in [5.41, 5.74) is -0.695. The number of aliphatic carboxylic acids is 1. The van der Waals surface area contributed by atoms with E-state index in [2.05, 4.69) is 10.6 Å². The molecule has 1 fully saturated rings. The highest BCUT2D eigenvalue weighted by Crippen LogP contribution is 2.17. The van der Waals surface area contributed by atoms with Crippen molar-refractivity contribution >= 4 is 23.9 Å². The predicted molar refractivity (Wildman–Crippen MR) is 86.2 cm³/mol. The Kier molecular flexibility index (Phi) is 6.78. The minimum atomic E-state index is -1.30. The number of ether oxygens (including phenoxy) is 1. The Bertz CT molecular complexity index is 542. The van der Waals surface area contributed by atoms with Crippen LogP contribution in [0.4, 0.5) is 4.79 Å². The van der Waals surface area contributed by atoms with E-state index in [0.717, 1.165) is 0 Å². The number of carbonyl (C=O) groups is 4. The molecule has 9 heteroatoms. The average Bonchev–Trinajstić information content (AvgIpc) is 2.93. The van der Waals surface area contributed by atoms with Crippen molar-refractivity contribution in [2.45, 2.75) is 71.2 Å². The quantitative estimate of drug-likeness (QED) is 0.660. The van der Waals surface area contributed by atoms with Crippen molar-refractivity contribution in [2.75, 3.05) is 6.54 Å². The summed E-state index contributed by atoms with van der Waals surface area (Å²) >= 11 is 0. The van der Waals surface area contributed by atoms with Crippen LogP contribution in [0.1, 0.15) is 47.5 Å². The molecule has 1 saturated heterocycles. The van der Waals surface area contributed by atoms with Gasteiger partial charge >= 0.3 is 6.09 Å². The number of amides is 3. The van der Waals surface area contributed by atoms with E-state index in [0.29, 0.717) is 19.4 Å². The number of rotatable bonds is 5. The standard InChI is InChI=1S/C16H27N3O6/c1-9(18-15(24)25-16(3,4)5)12(20)17-10(2)13(21)19-8-6-7-11(19)14(22)23/h9-11H,6-8H2,1-5H3,(H,17,20)(H,18,24)(H,22,23)/p-1/t9-,10-,11-/m0/s1. The fourth-order valence-electron chi connectivity index (χ4n) is 2.47. The highest BCUT2D eigenvalue weighted by Gasteiger charge is 2.33. The summed E-state index contributed by atoms with van der Waals surface area (Å²) in [5.74, 6) is -2.37. The number of likely N-dealkylation sites (tertiary alicyclic amines) is 1. The van der Waals surface area contributed by atoms with E-state index in [1.165, 1.54) is 18.7 Å². The second-order valence-electron chi connectivity index (χ2n) is 7.11. The van der Waals surface area contributed by atoms with Gasteiger partial charge in [-0.2, -0.15) is 0 Å². The second-order valence-corrected chi connectivity index (χ2v) is 7.11. The number of hydrogen-bond acceptors (Lipinski definition) is 6. The third kappa shape index (κ3) is 6.24. The zero-order chi connectivity index (χ0) is 19.4. The Morgan fingerprint density at radius 1 is 1.12 bits per heavy atom. The van der Waals surface area contributed by atoms with Gasteiger partial charge in [-0.25, -0.2) is 4.79 Å². The smallest absolute Gasteiger partial charge is 0.408 e. The first kappa shape index (κ1) is 20.7. The SMILES string of the molecule is C[C@H](NC(=O)OC(C)(C)C)C(=O)N[C@@H](C)C(=O)N1CCC[C@H]1C(=O)[O-]. The summed E-state index contributed by atoms with van der Waals surface area (Å²) in [6.45, 7) is 8.32. The molecular formula is C16H26N3O6-. The molecule has 1 aliphatic heterocycles. The van der Waals surface area contributed by atoms with Gasteiger partial charge in [0.15, 0.2) is 0 Å². The zero-order valence-electron chi connectivity index (χ0n) is 15.3. The minimum Gasteiger partial charge on any atom is -0.548 e. The van der Waals surface area contributed by atoms with Crippen LogP contribution in [0, 0.1) is 0 Å². The van der Waals surface area contributed by atoms with Gasteiger partial charge < -0.3 is 30.2 Å². The molecule has 1 rings (SSSR count). The molecule has 0 aromatic carbocycles. The molecule has 1 aliphatic rings. The van der Waals surface area contributed by atoms with Crippen molar-refractivity contribution in [2.24, 2.45) is 0 Å². The van der Waals surface area contributed by atoms with Crippen molar-refractivity contribution in [3.8, 4) is 0 Å². The molecular weight excluding hydrogens is 330 g/mol. The molecule has 0 aromatic heterocycles. The van der Waals surface area contributed by atoms with Gasteiger partial charge in [-0.05, 0) is 47.5 Å². The highest BCUT2D eigenvalue weighted by molar-refractivity contribution is 5.92. The summed E-state index contributed by atoms with van der Waals surface area (Å²) in [6.07, 6.45) is 0.165. The lowest BCUT2D eigenvalue weighted by molar-refractivity contribution is -0.310. The molecule has 1 heterocycles. The van der Waals surface area contributed by atoms with Crippen molar-refractivity contribution < 1.29 is 29.0 Å². The molecule has 0 aromatic rings. The maximum absolute atomic E-state index is 12.3. The van der Waals surface area contributed by atoms with Crippen LogP contribution in [0.3, 0.4) is 0 Å². The Morgan fingerprint density at radius 3 is 2.24 bits per heavy atom. The lowest BCUT2D eigenvalue weighted by Gasteiger charge is -2.29. The first-order chi connectivity index (χ1) is 11.4. The van der Waals surface area contributed by atoms with E-state index in [1.54, 1.807) is 20.8 Å². The third-order valence-electron chi connectivity index (χ3n) is 3.66. The number of alkyl carbamates (subject to hydrolysis) is 1. The van der Waals surface area contributed by atoms with Crippen LogP contribution < -0.4 is 15.7 Å². The van der Waals surface area contributed by atoms with Gasteiger partial charge in [-0.1, -0.05) is 0 Å². The van der Waals surface area contributed by atoms with Gasteiger partial charge in [0.25, 0.3) is 0 Å². The molecule has 0 radical (unpaired) electrons.